The highest BCUT2D eigenvalue weighted by Gasteiger charge is 2.08. The lowest BCUT2D eigenvalue weighted by Gasteiger charge is -2.10. The molecule has 0 spiro atoms. The zero-order chi connectivity index (χ0) is 19.2. The van der Waals surface area contributed by atoms with E-state index < -0.39 is 0 Å². The van der Waals surface area contributed by atoms with Crippen molar-refractivity contribution in [2.75, 3.05) is 12.4 Å². The van der Waals surface area contributed by atoms with Gasteiger partial charge < -0.3 is 14.8 Å². The molecular weight excluding hydrogens is 385 g/mol. The fourth-order valence-corrected chi connectivity index (χ4v) is 2.75. The zero-order valence-electron chi connectivity index (χ0n) is 14.5. The summed E-state index contributed by atoms with van der Waals surface area (Å²) in [4.78, 5) is 12.5. The number of benzene rings is 3. The van der Waals surface area contributed by atoms with E-state index >= 15 is 0 Å². The molecule has 0 radical (unpaired) electrons. The van der Waals surface area contributed by atoms with Crippen LogP contribution in [-0.2, 0) is 6.61 Å². The number of rotatable bonds is 6. The number of methoxy groups -OCH3 is 1. The number of anilines is 1. The van der Waals surface area contributed by atoms with Crippen LogP contribution < -0.4 is 14.8 Å². The van der Waals surface area contributed by atoms with E-state index in [4.69, 9.17) is 32.7 Å². The summed E-state index contributed by atoms with van der Waals surface area (Å²) in [6, 6.07) is 19.5. The molecule has 1 N–H and O–H groups in total. The van der Waals surface area contributed by atoms with Gasteiger partial charge in [-0.05, 0) is 48.0 Å². The molecule has 3 aromatic rings. The standard InChI is InChI=1S/C21H17Cl2NO3/c1-26-17-6-3-5-16(12-17)24-21(25)15-4-2-7-18(11-15)27-13-14-8-9-19(22)20(23)10-14/h2-12H,13H2,1H3,(H,24,25). The van der Waals surface area contributed by atoms with Crippen LogP contribution in [0.25, 0.3) is 0 Å². The van der Waals surface area contributed by atoms with Gasteiger partial charge in [0.15, 0.2) is 0 Å². The SMILES string of the molecule is COc1cccc(NC(=O)c2cccc(OCc3ccc(Cl)c(Cl)c3)c2)c1. The van der Waals surface area contributed by atoms with Crippen molar-refractivity contribution in [3.8, 4) is 11.5 Å². The van der Waals surface area contributed by atoms with Crippen LogP contribution in [0.5, 0.6) is 11.5 Å². The number of carbonyl (C=O) groups is 1. The maximum absolute atomic E-state index is 12.5. The summed E-state index contributed by atoms with van der Waals surface area (Å²) in [6.45, 7) is 0.317. The van der Waals surface area contributed by atoms with Gasteiger partial charge in [0.05, 0.1) is 17.2 Å². The molecule has 6 heteroatoms. The Morgan fingerprint density at radius 3 is 2.48 bits per heavy atom. The topological polar surface area (TPSA) is 47.6 Å². The van der Waals surface area contributed by atoms with E-state index in [1.54, 1.807) is 55.6 Å². The van der Waals surface area contributed by atoms with Gasteiger partial charge in [-0.2, -0.15) is 0 Å². The van der Waals surface area contributed by atoms with Crippen LogP contribution in [-0.4, -0.2) is 13.0 Å². The Labute approximate surface area is 167 Å². The Balaban J connectivity index is 1.67. The highest BCUT2D eigenvalue weighted by Crippen LogP contribution is 2.24. The van der Waals surface area contributed by atoms with Crippen LogP contribution in [0, 0.1) is 0 Å². The third-order valence-corrected chi connectivity index (χ3v) is 4.55. The number of amides is 1. The molecule has 0 heterocycles. The van der Waals surface area contributed by atoms with Crippen molar-refractivity contribution >= 4 is 34.8 Å². The second-order valence-corrected chi connectivity index (χ2v) is 6.57. The third kappa shape index (κ3) is 5.16. The molecule has 0 bridgehead atoms. The quantitative estimate of drug-likeness (QED) is 0.564. The third-order valence-electron chi connectivity index (χ3n) is 3.81. The molecule has 4 nitrogen and oxygen atoms in total. The van der Waals surface area contributed by atoms with Crippen LogP contribution in [0.4, 0.5) is 5.69 Å². The molecule has 0 saturated carbocycles. The van der Waals surface area contributed by atoms with Crippen molar-refractivity contribution in [1.29, 1.82) is 0 Å². The highest BCUT2D eigenvalue weighted by atomic mass is 35.5. The Kier molecular flexibility index (Phi) is 6.22. The smallest absolute Gasteiger partial charge is 0.255 e. The Hall–Kier alpha value is -2.69. The number of hydrogen-bond donors (Lipinski definition) is 1. The zero-order valence-corrected chi connectivity index (χ0v) is 16.1. The molecule has 0 unspecified atom stereocenters. The van der Waals surface area contributed by atoms with Gasteiger partial charge in [-0.15, -0.1) is 0 Å². The molecule has 3 rings (SSSR count). The second kappa shape index (κ2) is 8.80. The predicted octanol–water partition coefficient (Wildman–Crippen LogP) is 5.83. The first kappa shape index (κ1) is 19.1. The van der Waals surface area contributed by atoms with Crippen LogP contribution in [0.3, 0.4) is 0 Å². The van der Waals surface area contributed by atoms with Crippen LogP contribution in [0.2, 0.25) is 10.0 Å². The summed E-state index contributed by atoms with van der Waals surface area (Å²) in [7, 11) is 1.58. The Morgan fingerprint density at radius 2 is 1.70 bits per heavy atom. The fourth-order valence-electron chi connectivity index (χ4n) is 2.43. The number of carbonyl (C=O) groups excluding carboxylic acids is 1. The summed E-state index contributed by atoms with van der Waals surface area (Å²) < 4.78 is 10.9. The maximum atomic E-state index is 12.5. The van der Waals surface area contributed by atoms with Gasteiger partial charge in [-0.25, -0.2) is 0 Å². The van der Waals surface area contributed by atoms with Gasteiger partial charge >= 0.3 is 0 Å². The highest BCUT2D eigenvalue weighted by molar-refractivity contribution is 6.42. The van der Waals surface area contributed by atoms with Gasteiger partial charge in [0.25, 0.3) is 5.91 Å². The molecular formula is C21H17Cl2NO3. The minimum absolute atomic E-state index is 0.233. The molecule has 138 valence electrons. The lowest BCUT2D eigenvalue weighted by atomic mass is 10.2. The van der Waals surface area contributed by atoms with E-state index in [9.17, 15) is 4.79 Å². The average molecular weight is 402 g/mol. The minimum atomic E-state index is -0.233. The van der Waals surface area contributed by atoms with Crippen molar-refractivity contribution in [2.45, 2.75) is 6.61 Å². The minimum Gasteiger partial charge on any atom is -0.497 e. The van der Waals surface area contributed by atoms with E-state index in [1.165, 1.54) is 0 Å². The number of nitrogens with one attached hydrogen (secondary N) is 1. The monoisotopic (exact) mass is 401 g/mol. The van der Waals surface area contributed by atoms with Crippen LogP contribution in [0.1, 0.15) is 15.9 Å². The summed E-state index contributed by atoms with van der Waals surface area (Å²) in [5.41, 5.74) is 2.03. The van der Waals surface area contributed by atoms with Crippen molar-refractivity contribution in [1.82, 2.24) is 0 Å². The van der Waals surface area contributed by atoms with E-state index in [2.05, 4.69) is 5.32 Å². The maximum Gasteiger partial charge on any atom is 0.255 e. The first-order valence-corrected chi connectivity index (χ1v) is 8.93. The van der Waals surface area contributed by atoms with Crippen LogP contribution >= 0.6 is 23.2 Å². The number of halogens is 2. The van der Waals surface area contributed by atoms with Crippen molar-refractivity contribution in [3.63, 3.8) is 0 Å². The largest absolute Gasteiger partial charge is 0.497 e. The summed E-state index contributed by atoms with van der Waals surface area (Å²) in [5.74, 6) is 1.02. The lowest BCUT2D eigenvalue weighted by Crippen LogP contribution is -2.12. The van der Waals surface area contributed by atoms with E-state index in [1.807, 2.05) is 18.2 Å². The predicted molar refractivity (Wildman–Crippen MR) is 108 cm³/mol. The summed E-state index contributed by atoms with van der Waals surface area (Å²) in [5, 5.41) is 3.81. The first-order chi connectivity index (χ1) is 13.0. The molecule has 3 aromatic carbocycles. The lowest BCUT2D eigenvalue weighted by molar-refractivity contribution is 0.102. The molecule has 0 saturated heterocycles. The first-order valence-electron chi connectivity index (χ1n) is 8.17. The molecule has 0 fully saturated rings. The fraction of sp³-hybridized carbons (Fsp3) is 0.0952. The van der Waals surface area contributed by atoms with E-state index in [-0.39, 0.29) is 5.91 Å². The second-order valence-electron chi connectivity index (χ2n) is 5.75. The molecule has 0 atom stereocenters. The van der Waals surface area contributed by atoms with E-state index in [0.717, 1.165) is 5.56 Å². The summed E-state index contributed by atoms with van der Waals surface area (Å²) in [6.07, 6.45) is 0. The Morgan fingerprint density at radius 1 is 0.926 bits per heavy atom. The van der Waals surface area contributed by atoms with Crippen molar-refractivity contribution in [3.05, 3.63) is 87.9 Å². The van der Waals surface area contributed by atoms with Crippen molar-refractivity contribution in [2.24, 2.45) is 0 Å². The number of hydrogen-bond acceptors (Lipinski definition) is 3. The normalized spacial score (nSPS) is 10.3. The van der Waals surface area contributed by atoms with Gasteiger partial charge in [0.2, 0.25) is 0 Å². The Bertz CT molecular complexity index is 960. The molecule has 27 heavy (non-hydrogen) atoms. The van der Waals surface area contributed by atoms with Gasteiger partial charge in [0, 0.05) is 17.3 Å². The molecule has 0 aliphatic carbocycles. The molecule has 0 aromatic heterocycles. The molecule has 1 amide bonds. The average Bonchev–Trinajstić information content (AvgIpc) is 2.69. The molecule has 0 aliphatic heterocycles. The van der Waals surface area contributed by atoms with E-state index in [0.29, 0.717) is 39.4 Å². The van der Waals surface area contributed by atoms with Crippen molar-refractivity contribution < 1.29 is 14.3 Å². The van der Waals surface area contributed by atoms with Gasteiger partial charge in [-0.1, -0.05) is 41.4 Å². The van der Waals surface area contributed by atoms with Gasteiger partial charge in [0.1, 0.15) is 18.1 Å². The summed E-state index contributed by atoms with van der Waals surface area (Å²) >= 11 is 11.9. The van der Waals surface area contributed by atoms with Crippen LogP contribution in [0.15, 0.2) is 66.7 Å². The van der Waals surface area contributed by atoms with Gasteiger partial charge in [-0.3, -0.25) is 4.79 Å². The number of ether oxygens (including phenoxy) is 2. The molecule has 0 aliphatic rings.